The van der Waals surface area contributed by atoms with Crippen LogP contribution in [0.1, 0.15) is 32.6 Å². The van der Waals surface area contributed by atoms with Crippen molar-refractivity contribution >= 4 is 5.91 Å². The van der Waals surface area contributed by atoms with Gasteiger partial charge in [0.25, 0.3) is 0 Å². The van der Waals surface area contributed by atoms with Gasteiger partial charge in [0.2, 0.25) is 5.91 Å². The number of carbonyl (C=O) groups excluding carboxylic acids is 1. The number of hydrogen-bond donors (Lipinski definition) is 0. The number of carbonyl (C=O) groups is 1. The van der Waals surface area contributed by atoms with Gasteiger partial charge in [0.1, 0.15) is 12.5 Å². The van der Waals surface area contributed by atoms with Crippen molar-refractivity contribution in [3.8, 4) is 0 Å². The smallest absolute Gasteiger partial charge is 0.230 e. The summed E-state index contributed by atoms with van der Waals surface area (Å²) in [6.07, 6.45) is 4.94. The van der Waals surface area contributed by atoms with Crippen LogP contribution in [0, 0.1) is 6.42 Å². The molecule has 1 radical (unpaired) electrons. The van der Waals surface area contributed by atoms with Crippen LogP contribution in [0.3, 0.4) is 0 Å². The quantitative estimate of drug-likeness (QED) is 0.697. The molecule has 1 saturated heterocycles. The Labute approximate surface area is 91.5 Å². The minimum atomic E-state index is -0.129. The van der Waals surface area contributed by atoms with E-state index in [4.69, 9.17) is 9.47 Å². The first-order valence-corrected chi connectivity index (χ1v) is 5.45. The van der Waals surface area contributed by atoms with Crippen LogP contribution in [0.5, 0.6) is 0 Å². The van der Waals surface area contributed by atoms with Gasteiger partial charge in [-0.15, -0.1) is 0 Å². The Kier molecular flexibility index (Phi) is 5.05. The first-order valence-electron chi connectivity index (χ1n) is 5.45. The number of rotatable bonds is 5. The summed E-state index contributed by atoms with van der Waals surface area (Å²) >= 11 is 0. The van der Waals surface area contributed by atoms with Gasteiger partial charge in [-0.3, -0.25) is 9.69 Å². The van der Waals surface area contributed by atoms with E-state index in [1.54, 1.807) is 25.5 Å². The van der Waals surface area contributed by atoms with E-state index in [2.05, 4.69) is 6.92 Å². The number of amides is 1. The molecule has 87 valence electrons. The first kappa shape index (κ1) is 12.5. The predicted octanol–water partition coefficient (Wildman–Crippen LogP) is 1.56. The van der Waals surface area contributed by atoms with Crippen LogP contribution in [0.25, 0.3) is 0 Å². The molecule has 1 rings (SSSR count). The minimum absolute atomic E-state index is 0.0213. The molecule has 1 amide bonds. The summed E-state index contributed by atoms with van der Waals surface area (Å²) < 4.78 is 10.5. The lowest BCUT2D eigenvalue weighted by Gasteiger charge is -2.28. The highest BCUT2D eigenvalue weighted by molar-refractivity contribution is 5.85. The van der Waals surface area contributed by atoms with Gasteiger partial charge in [-0.05, 0) is 19.3 Å². The van der Waals surface area contributed by atoms with E-state index in [0.717, 1.165) is 25.7 Å². The van der Waals surface area contributed by atoms with E-state index >= 15 is 0 Å². The molecule has 0 aromatic heterocycles. The Morgan fingerprint density at radius 3 is 2.27 bits per heavy atom. The van der Waals surface area contributed by atoms with Crippen molar-refractivity contribution in [1.29, 1.82) is 0 Å². The van der Waals surface area contributed by atoms with Crippen molar-refractivity contribution in [2.24, 2.45) is 0 Å². The van der Waals surface area contributed by atoms with E-state index in [-0.39, 0.29) is 18.4 Å². The summed E-state index contributed by atoms with van der Waals surface area (Å²) in [7, 11) is 3.26. The number of ether oxygens (including phenoxy) is 2. The Hall–Kier alpha value is -0.610. The molecule has 2 atom stereocenters. The zero-order valence-electron chi connectivity index (χ0n) is 9.73. The maximum atomic E-state index is 11.9. The second kappa shape index (κ2) is 6.08. The first-order chi connectivity index (χ1) is 7.24. The molecule has 4 heteroatoms. The van der Waals surface area contributed by atoms with Crippen LogP contribution in [0.2, 0.25) is 0 Å². The summed E-state index contributed by atoms with van der Waals surface area (Å²) in [5.74, 6) is 0.0213. The molecule has 0 spiro atoms. The van der Waals surface area contributed by atoms with Gasteiger partial charge in [-0.2, -0.15) is 0 Å². The molecular weight excluding hydrogens is 194 g/mol. The maximum Gasteiger partial charge on any atom is 0.230 e. The van der Waals surface area contributed by atoms with Crippen LogP contribution in [0.4, 0.5) is 0 Å². The van der Waals surface area contributed by atoms with E-state index in [0.29, 0.717) is 0 Å². The number of nitrogens with zero attached hydrogens (tertiary/aromatic N) is 1. The average molecular weight is 214 g/mol. The second-order valence-electron chi connectivity index (χ2n) is 3.70. The van der Waals surface area contributed by atoms with Crippen molar-refractivity contribution in [2.75, 3.05) is 14.2 Å². The SMILES string of the molecule is CCC[CH]C(=O)N1[C@H](OC)CC[C@H]1OC. The second-order valence-corrected chi connectivity index (χ2v) is 3.70. The van der Waals surface area contributed by atoms with E-state index in [1.165, 1.54) is 0 Å². The van der Waals surface area contributed by atoms with Crippen LogP contribution >= 0.6 is 0 Å². The average Bonchev–Trinajstić information content (AvgIpc) is 2.68. The molecule has 1 heterocycles. The fraction of sp³-hybridized carbons (Fsp3) is 0.818. The highest BCUT2D eigenvalue weighted by atomic mass is 16.5. The molecule has 0 aliphatic carbocycles. The van der Waals surface area contributed by atoms with Gasteiger partial charge < -0.3 is 9.47 Å². The van der Waals surface area contributed by atoms with Gasteiger partial charge in [-0.1, -0.05) is 13.3 Å². The molecular formula is C11H20NO3. The van der Waals surface area contributed by atoms with Crippen molar-refractivity contribution in [3.63, 3.8) is 0 Å². The third kappa shape index (κ3) is 2.92. The molecule has 0 N–H and O–H groups in total. The summed E-state index contributed by atoms with van der Waals surface area (Å²) in [5.41, 5.74) is 0. The van der Waals surface area contributed by atoms with Crippen LogP contribution in [-0.2, 0) is 14.3 Å². The number of hydrogen-bond acceptors (Lipinski definition) is 3. The summed E-state index contributed by atoms with van der Waals surface area (Å²) in [4.78, 5) is 13.5. The lowest BCUT2D eigenvalue weighted by Crippen LogP contribution is -2.43. The normalized spacial score (nSPS) is 25.9. The highest BCUT2D eigenvalue weighted by Crippen LogP contribution is 2.25. The fourth-order valence-electron chi connectivity index (χ4n) is 1.87. The monoisotopic (exact) mass is 214 g/mol. The number of likely N-dealkylation sites (tertiary alicyclic amines) is 1. The van der Waals surface area contributed by atoms with Crippen molar-refractivity contribution in [3.05, 3.63) is 6.42 Å². The molecule has 0 saturated carbocycles. The highest BCUT2D eigenvalue weighted by Gasteiger charge is 2.36. The maximum absolute atomic E-state index is 11.9. The van der Waals surface area contributed by atoms with Crippen LogP contribution in [0.15, 0.2) is 0 Å². The molecule has 0 aromatic rings. The molecule has 4 nitrogen and oxygen atoms in total. The lowest BCUT2D eigenvalue weighted by molar-refractivity contribution is -0.152. The zero-order chi connectivity index (χ0) is 11.3. The Morgan fingerprint density at radius 2 is 1.87 bits per heavy atom. The Balaban J connectivity index is 2.56. The van der Waals surface area contributed by atoms with E-state index < -0.39 is 0 Å². The van der Waals surface area contributed by atoms with Gasteiger partial charge in [0.15, 0.2) is 0 Å². The molecule has 0 unspecified atom stereocenters. The zero-order valence-corrected chi connectivity index (χ0v) is 9.73. The van der Waals surface area contributed by atoms with Crippen molar-refractivity contribution in [2.45, 2.75) is 45.1 Å². The minimum Gasteiger partial charge on any atom is -0.361 e. The third-order valence-electron chi connectivity index (χ3n) is 2.69. The lowest BCUT2D eigenvalue weighted by atomic mass is 10.2. The fourth-order valence-corrected chi connectivity index (χ4v) is 1.87. The standard InChI is InChI=1S/C11H20NO3/c1-4-5-6-9(13)12-10(14-2)7-8-11(12)15-3/h6,10-11H,4-5,7-8H2,1-3H3/t10-,11-/m1/s1. The number of unbranched alkanes of at least 4 members (excludes halogenated alkanes) is 1. The molecule has 0 aromatic carbocycles. The Morgan fingerprint density at radius 1 is 1.33 bits per heavy atom. The van der Waals surface area contributed by atoms with Gasteiger partial charge in [-0.25, -0.2) is 0 Å². The molecule has 1 aliphatic rings. The van der Waals surface area contributed by atoms with E-state index in [9.17, 15) is 4.79 Å². The predicted molar refractivity (Wildman–Crippen MR) is 56.9 cm³/mol. The number of methoxy groups -OCH3 is 2. The van der Waals surface area contributed by atoms with E-state index in [1.807, 2.05) is 0 Å². The van der Waals surface area contributed by atoms with Gasteiger partial charge in [0.05, 0.1) is 0 Å². The van der Waals surface area contributed by atoms with Crippen LogP contribution < -0.4 is 0 Å². The van der Waals surface area contributed by atoms with Gasteiger partial charge >= 0.3 is 0 Å². The third-order valence-corrected chi connectivity index (χ3v) is 2.69. The van der Waals surface area contributed by atoms with Crippen molar-refractivity contribution in [1.82, 2.24) is 4.90 Å². The Bertz CT molecular complexity index is 196. The summed E-state index contributed by atoms with van der Waals surface area (Å²) in [6.45, 7) is 2.05. The van der Waals surface area contributed by atoms with Crippen molar-refractivity contribution < 1.29 is 14.3 Å². The van der Waals surface area contributed by atoms with Crippen LogP contribution in [-0.4, -0.2) is 37.5 Å². The topological polar surface area (TPSA) is 38.8 Å². The molecule has 0 bridgehead atoms. The summed E-state index contributed by atoms with van der Waals surface area (Å²) in [5, 5.41) is 0. The molecule has 1 aliphatic heterocycles. The molecule has 1 fully saturated rings. The largest absolute Gasteiger partial charge is 0.361 e. The molecule has 15 heavy (non-hydrogen) atoms. The van der Waals surface area contributed by atoms with Gasteiger partial charge in [0, 0.05) is 20.6 Å². The summed E-state index contributed by atoms with van der Waals surface area (Å²) in [6, 6.07) is 0.